The van der Waals surface area contributed by atoms with Gasteiger partial charge in [0.05, 0.1) is 4.92 Å². The summed E-state index contributed by atoms with van der Waals surface area (Å²) in [4.78, 5) is 47.7. The number of carbonyl (C=O) groups excluding carboxylic acids is 3. The molecule has 144 valence electrons. The predicted molar refractivity (Wildman–Crippen MR) is 103 cm³/mol. The summed E-state index contributed by atoms with van der Waals surface area (Å²) in [6, 6.07) is 9.53. The SMILES string of the molecule is Cc1c(C(=O)NCCC(=O)c2ccc3c(c2)CCN3C=O)cccc1[N+](=O)[O-]. The minimum absolute atomic E-state index is 0.107. The maximum absolute atomic E-state index is 12.4. The second kappa shape index (κ2) is 7.99. The van der Waals surface area contributed by atoms with Crippen LogP contribution in [0.3, 0.4) is 0 Å². The molecule has 8 heteroatoms. The lowest BCUT2D eigenvalue weighted by atomic mass is 10.0. The van der Waals surface area contributed by atoms with Crippen molar-refractivity contribution in [2.75, 3.05) is 18.0 Å². The van der Waals surface area contributed by atoms with E-state index in [1.807, 2.05) is 0 Å². The van der Waals surface area contributed by atoms with Gasteiger partial charge in [0.15, 0.2) is 5.78 Å². The third-order valence-electron chi connectivity index (χ3n) is 4.84. The van der Waals surface area contributed by atoms with Crippen molar-refractivity contribution >= 4 is 29.5 Å². The van der Waals surface area contributed by atoms with Gasteiger partial charge in [0.2, 0.25) is 6.41 Å². The molecular formula is C20H19N3O5. The molecule has 0 unspecified atom stereocenters. The lowest BCUT2D eigenvalue weighted by Gasteiger charge is -2.10. The zero-order chi connectivity index (χ0) is 20.3. The molecule has 0 saturated heterocycles. The summed E-state index contributed by atoms with van der Waals surface area (Å²) < 4.78 is 0. The third kappa shape index (κ3) is 3.75. The highest BCUT2D eigenvalue weighted by Gasteiger charge is 2.20. The molecule has 1 heterocycles. The van der Waals surface area contributed by atoms with E-state index in [0.29, 0.717) is 18.5 Å². The highest BCUT2D eigenvalue weighted by atomic mass is 16.6. The van der Waals surface area contributed by atoms with Crippen LogP contribution in [0.25, 0.3) is 0 Å². The van der Waals surface area contributed by atoms with Gasteiger partial charge >= 0.3 is 0 Å². The molecule has 0 atom stereocenters. The number of nitrogens with zero attached hydrogens (tertiary/aromatic N) is 2. The number of anilines is 1. The van der Waals surface area contributed by atoms with Crippen LogP contribution in [0.1, 0.15) is 38.3 Å². The molecule has 0 aliphatic carbocycles. The molecule has 3 rings (SSSR count). The van der Waals surface area contributed by atoms with Crippen molar-refractivity contribution in [2.24, 2.45) is 0 Å². The number of carbonyl (C=O) groups is 3. The van der Waals surface area contributed by atoms with Gasteiger partial charge in [-0.2, -0.15) is 0 Å². The first-order valence-electron chi connectivity index (χ1n) is 8.82. The molecular weight excluding hydrogens is 362 g/mol. The zero-order valence-electron chi connectivity index (χ0n) is 15.3. The summed E-state index contributed by atoms with van der Waals surface area (Å²) in [6.45, 7) is 2.25. The van der Waals surface area contributed by atoms with Crippen LogP contribution in [-0.2, 0) is 11.2 Å². The van der Waals surface area contributed by atoms with Crippen LogP contribution in [0, 0.1) is 17.0 Å². The van der Waals surface area contributed by atoms with Gasteiger partial charge in [0, 0.05) is 48.0 Å². The lowest BCUT2D eigenvalue weighted by Crippen LogP contribution is -2.27. The van der Waals surface area contributed by atoms with Crippen molar-refractivity contribution in [3.63, 3.8) is 0 Å². The number of benzene rings is 2. The Hall–Kier alpha value is -3.55. The molecule has 0 aromatic heterocycles. The number of hydrogen-bond donors (Lipinski definition) is 1. The standard InChI is InChI=1S/C20H19N3O5/c1-13-16(3-2-4-17(13)23(27)28)20(26)21-9-7-19(25)15-5-6-18-14(11-15)8-10-22(18)12-24/h2-6,11-12H,7-10H2,1H3,(H,21,26). The molecule has 28 heavy (non-hydrogen) atoms. The number of amides is 2. The Morgan fingerprint density at radius 2 is 2.07 bits per heavy atom. The molecule has 1 aliphatic rings. The molecule has 2 amide bonds. The summed E-state index contributed by atoms with van der Waals surface area (Å²) >= 11 is 0. The molecule has 8 nitrogen and oxygen atoms in total. The second-order valence-corrected chi connectivity index (χ2v) is 6.53. The van der Waals surface area contributed by atoms with Gasteiger partial charge in [-0.1, -0.05) is 6.07 Å². The molecule has 0 fully saturated rings. The largest absolute Gasteiger partial charge is 0.352 e. The van der Waals surface area contributed by atoms with Crippen LogP contribution in [-0.4, -0.2) is 36.1 Å². The van der Waals surface area contributed by atoms with Crippen LogP contribution in [0.2, 0.25) is 0 Å². The normalized spacial score (nSPS) is 12.4. The molecule has 0 radical (unpaired) electrons. The van der Waals surface area contributed by atoms with Gasteiger partial charge in [-0.25, -0.2) is 0 Å². The maximum Gasteiger partial charge on any atom is 0.273 e. The molecule has 0 saturated carbocycles. The number of nitro groups is 1. The number of rotatable bonds is 7. The van der Waals surface area contributed by atoms with Crippen molar-refractivity contribution < 1.29 is 19.3 Å². The van der Waals surface area contributed by atoms with Crippen LogP contribution < -0.4 is 10.2 Å². The Kier molecular flexibility index (Phi) is 5.49. The molecule has 1 aliphatic heterocycles. The predicted octanol–water partition coefficient (Wildman–Crippen LogP) is 2.42. The molecule has 2 aromatic rings. The number of fused-ring (bicyclic) bond motifs is 1. The first kappa shape index (κ1) is 19.2. The van der Waals surface area contributed by atoms with Crippen molar-refractivity contribution in [1.29, 1.82) is 0 Å². The summed E-state index contributed by atoms with van der Waals surface area (Å²) in [5.74, 6) is -0.576. The summed E-state index contributed by atoms with van der Waals surface area (Å²) in [5, 5.41) is 13.6. The van der Waals surface area contributed by atoms with Gasteiger partial charge < -0.3 is 10.2 Å². The first-order valence-corrected chi connectivity index (χ1v) is 8.82. The van der Waals surface area contributed by atoms with Gasteiger partial charge in [0.1, 0.15) is 0 Å². The van der Waals surface area contributed by atoms with E-state index >= 15 is 0 Å². The second-order valence-electron chi connectivity index (χ2n) is 6.53. The average molecular weight is 381 g/mol. The van der Waals surface area contributed by atoms with Gasteiger partial charge in [-0.3, -0.25) is 24.5 Å². The van der Waals surface area contributed by atoms with E-state index < -0.39 is 10.8 Å². The average Bonchev–Trinajstić information content (AvgIpc) is 3.10. The summed E-state index contributed by atoms with van der Waals surface area (Å²) in [5.41, 5.74) is 2.69. The third-order valence-corrected chi connectivity index (χ3v) is 4.84. The van der Waals surface area contributed by atoms with Crippen LogP contribution >= 0.6 is 0 Å². The minimum atomic E-state index is -0.533. The maximum atomic E-state index is 12.4. The fourth-order valence-corrected chi connectivity index (χ4v) is 3.31. The smallest absolute Gasteiger partial charge is 0.273 e. The summed E-state index contributed by atoms with van der Waals surface area (Å²) in [7, 11) is 0. The van der Waals surface area contributed by atoms with Crippen molar-refractivity contribution in [3.8, 4) is 0 Å². The fraction of sp³-hybridized carbons (Fsp3) is 0.250. The highest BCUT2D eigenvalue weighted by molar-refractivity contribution is 5.99. The Labute approximate surface area is 161 Å². The van der Waals surface area contributed by atoms with E-state index in [4.69, 9.17) is 0 Å². The zero-order valence-corrected chi connectivity index (χ0v) is 15.3. The van der Waals surface area contributed by atoms with E-state index in [2.05, 4.69) is 5.32 Å². The molecule has 1 N–H and O–H groups in total. The first-order chi connectivity index (χ1) is 13.4. The van der Waals surface area contributed by atoms with E-state index in [1.165, 1.54) is 25.1 Å². The number of nitro benzene ring substituents is 1. The molecule has 0 spiro atoms. The number of hydrogen-bond acceptors (Lipinski definition) is 5. The Morgan fingerprint density at radius 3 is 2.79 bits per heavy atom. The number of nitrogens with one attached hydrogen (secondary N) is 1. The van der Waals surface area contributed by atoms with Crippen LogP contribution in [0.4, 0.5) is 11.4 Å². The fourth-order valence-electron chi connectivity index (χ4n) is 3.31. The Morgan fingerprint density at radius 1 is 1.29 bits per heavy atom. The monoisotopic (exact) mass is 381 g/mol. The van der Waals surface area contributed by atoms with Gasteiger partial charge in [0.25, 0.3) is 11.6 Å². The van der Waals surface area contributed by atoms with E-state index in [0.717, 1.165) is 17.7 Å². The van der Waals surface area contributed by atoms with Crippen molar-refractivity contribution in [2.45, 2.75) is 19.8 Å². The van der Waals surface area contributed by atoms with E-state index in [9.17, 15) is 24.5 Å². The van der Waals surface area contributed by atoms with Crippen molar-refractivity contribution in [1.82, 2.24) is 5.32 Å². The van der Waals surface area contributed by atoms with Crippen molar-refractivity contribution in [3.05, 3.63) is 68.8 Å². The Bertz CT molecular complexity index is 970. The number of Topliss-reactive ketones (excluding diaryl/α,β-unsaturated/α-hetero) is 1. The number of ketones is 1. The highest BCUT2D eigenvalue weighted by Crippen LogP contribution is 2.28. The van der Waals surface area contributed by atoms with Gasteiger partial charge in [-0.15, -0.1) is 0 Å². The molecule has 0 bridgehead atoms. The van der Waals surface area contributed by atoms with Crippen LogP contribution in [0.15, 0.2) is 36.4 Å². The van der Waals surface area contributed by atoms with Gasteiger partial charge in [-0.05, 0) is 43.2 Å². The minimum Gasteiger partial charge on any atom is -0.352 e. The molecule has 2 aromatic carbocycles. The Balaban J connectivity index is 1.60. The lowest BCUT2D eigenvalue weighted by molar-refractivity contribution is -0.385. The quantitative estimate of drug-likeness (QED) is 0.343. The van der Waals surface area contributed by atoms with E-state index in [1.54, 1.807) is 23.1 Å². The van der Waals surface area contributed by atoms with Crippen LogP contribution in [0.5, 0.6) is 0 Å². The van der Waals surface area contributed by atoms with E-state index in [-0.39, 0.29) is 35.6 Å². The topological polar surface area (TPSA) is 110 Å². The summed E-state index contributed by atoms with van der Waals surface area (Å²) in [6.07, 6.45) is 1.59.